The smallest absolute Gasteiger partial charge is 0.271 e. The topological polar surface area (TPSA) is 96.0 Å². The number of rotatable bonds is 5. The molecule has 3 N–H and O–H groups in total. The Balaban J connectivity index is 2.64. The zero-order valence-corrected chi connectivity index (χ0v) is 11.6. The zero-order valence-electron chi connectivity index (χ0n) is 11.6. The number of carbonyl (C=O) groups excluding carboxylic acids is 2. The molecule has 0 spiro atoms. The highest BCUT2D eigenvalue weighted by Gasteiger charge is 2.26. The molecule has 0 atom stereocenters. The summed E-state index contributed by atoms with van der Waals surface area (Å²) in [7, 11) is 3.13. The molecule has 0 radical (unpaired) electrons. The third kappa shape index (κ3) is 3.90. The third-order valence-electron chi connectivity index (χ3n) is 2.68. The van der Waals surface area contributed by atoms with Gasteiger partial charge in [-0.2, -0.15) is 0 Å². The molecule has 2 amide bonds. The van der Waals surface area contributed by atoms with Crippen molar-refractivity contribution in [2.45, 2.75) is 13.8 Å². The number of nitrogens with zero attached hydrogens (tertiary/aromatic N) is 2. The normalized spacial score (nSPS) is 10.7. The van der Waals surface area contributed by atoms with Crippen LogP contribution in [0, 0.1) is 5.41 Å². The number of amides is 2. The van der Waals surface area contributed by atoms with Gasteiger partial charge in [-0.1, -0.05) is 0 Å². The Morgan fingerprint density at radius 2 is 1.84 bits per heavy atom. The van der Waals surface area contributed by atoms with Gasteiger partial charge in [0.1, 0.15) is 5.82 Å². The molecular weight excluding hydrogens is 246 g/mol. The number of aromatic nitrogens is 2. The van der Waals surface area contributed by atoms with Crippen molar-refractivity contribution in [3.8, 4) is 0 Å². The molecular formula is C12H19N5O2. The van der Waals surface area contributed by atoms with Crippen LogP contribution in [0.15, 0.2) is 12.1 Å². The highest BCUT2D eigenvalue weighted by atomic mass is 16.2. The summed E-state index contributed by atoms with van der Waals surface area (Å²) in [5.41, 5.74) is -0.311. The van der Waals surface area contributed by atoms with E-state index in [0.29, 0.717) is 12.4 Å². The molecule has 0 aliphatic heterocycles. The Labute approximate surface area is 112 Å². The van der Waals surface area contributed by atoms with E-state index in [-0.39, 0.29) is 17.5 Å². The average Bonchev–Trinajstić information content (AvgIpc) is 2.43. The van der Waals surface area contributed by atoms with Crippen LogP contribution in [0.5, 0.6) is 0 Å². The second-order valence-corrected chi connectivity index (χ2v) is 4.70. The molecule has 0 aromatic carbocycles. The molecule has 0 fully saturated rings. The van der Waals surface area contributed by atoms with Gasteiger partial charge in [-0.3, -0.25) is 9.59 Å². The third-order valence-corrected chi connectivity index (χ3v) is 2.68. The Bertz CT molecular complexity index is 456. The Morgan fingerprint density at radius 1 is 1.16 bits per heavy atom. The summed E-state index contributed by atoms with van der Waals surface area (Å²) in [5, 5.41) is 15.8. The molecule has 104 valence electrons. The summed E-state index contributed by atoms with van der Waals surface area (Å²) in [5.74, 6) is 0.171. The fourth-order valence-electron chi connectivity index (χ4n) is 1.41. The van der Waals surface area contributed by atoms with Gasteiger partial charge in [0.05, 0.1) is 5.41 Å². The molecule has 0 saturated carbocycles. The van der Waals surface area contributed by atoms with Crippen LogP contribution in [0.4, 0.5) is 5.82 Å². The van der Waals surface area contributed by atoms with E-state index in [0.717, 1.165) is 0 Å². The molecule has 1 aromatic heterocycles. The van der Waals surface area contributed by atoms with Gasteiger partial charge >= 0.3 is 0 Å². The molecule has 7 heteroatoms. The van der Waals surface area contributed by atoms with Crippen molar-refractivity contribution in [1.82, 2.24) is 20.8 Å². The summed E-state index contributed by atoms with van der Waals surface area (Å²) >= 11 is 0. The van der Waals surface area contributed by atoms with Gasteiger partial charge < -0.3 is 16.0 Å². The fraction of sp³-hybridized carbons (Fsp3) is 0.500. The quantitative estimate of drug-likeness (QED) is 0.697. The molecule has 19 heavy (non-hydrogen) atoms. The van der Waals surface area contributed by atoms with Crippen molar-refractivity contribution in [2.24, 2.45) is 5.41 Å². The van der Waals surface area contributed by atoms with Gasteiger partial charge in [0.25, 0.3) is 5.91 Å². The first-order valence-corrected chi connectivity index (χ1v) is 5.92. The van der Waals surface area contributed by atoms with Crippen molar-refractivity contribution < 1.29 is 9.59 Å². The first-order chi connectivity index (χ1) is 8.90. The molecule has 0 bridgehead atoms. The Kier molecular flexibility index (Phi) is 4.80. The minimum absolute atomic E-state index is 0.0602. The van der Waals surface area contributed by atoms with Crippen LogP contribution in [-0.2, 0) is 4.79 Å². The van der Waals surface area contributed by atoms with E-state index in [4.69, 9.17) is 0 Å². The summed E-state index contributed by atoms with van der Waals surface area (Å²) < 4.78 is 0. The number of hydrogen-bond acceptors (Lipinski definition) is 5. The highest BCUT2D eigenvalue weighted by molar-refractivity contribution is 5.91. The highest BCUT2D eigenvalue weighted by Crippen LogP contribution is 2.15. The second kappa shape index (κ2) is 6.12. The van der Waals surface area contributed by atoms with E-state index in [1.807, 2.05) is 13.8 Å². The fourth-order valence-corrected chi connectivity index (χ4v) is 1.41. The van der Waals surface area contributed by atoms with Gasteiger partial charge in [-0.05, 0) is 26.0 Å². The predicted octanol–water partition coefficient (Wildman–Crippen LogP) is 0.0203. The first kappa shape index (κ1) is 14.9. The summed E-state index contributed by atoms with van der Waals surface area (Å²) in [6.45, 7) is 4.07. The molecule has 0 aliphatic carbocycles. The lowest BCUT2D eigenvalue weighted by Crippen LogP contribution is -2.39. The molecule has 1 aromatic rings. The second-order valence-electron chi connectivity index (χ2n) is 4.70. The van der Waals surface area contributed by atoms with E-state index in [9.17, 15) is 9.59 Å². The molecule has 0 aliphatic rings. The lowest BCUT2D eigenvalue weighted by atomic mass is 9.92. The van der Waals surface area contributed by atoms with Crippen molar-refractivity contribution in [3.05, 3.63) is 17.8 Å². The van der Waals surface area contributed by atoms with Crippen molar-refractivity contribution in [3.63, 3.8) is 0 Å². The summed E-state index contributed by atoms with van der Waals surface area (Å²) in [6.07, 6.45) is 0. The predicted molar refractivity (Wildman–Crippen MR) is 71.8 cm³/mol. The van der Waals surface area contributed by atoms with Crippen LogP contribution in [0.2, 0.25) is 0 Å². The van der Waals surface area contributed by atoms with Crippen LogP contribution in [-0.4, -0.2) is 42.7 Å². The first-order valence-electron chi connectivity index (χ1n) is 5.92. The number of hydrogen-bond donors (Lipinski definition) is 3. The van der Waals surface area contributed by atoms with E-state index in [1.54, 1.807) is 19.2 Å². The van der Waals surface area contributed by atoms with Gasteiger partial charge in [-0.15, -0.1) is 10.2 Å². The van der Waals surface area contributed by atoms with Gasteiger partial charge in [0.15, 0.2) is 5.69 Å². The van der Waals surface area contributed by atoms with Gasteiger partial charge in [-0.25, -0.2) is 0 Å². The zero-order chi connectivity index (χ0) is 14.5. The lowest BCUT2D eigenvalue weighted by Gasteiger charge is -2.22. The minimum atomic E-state index is -0.560. The lowest BCUT2D eigenvalue weighted by molar-refractivity contribution is -0.128. The summed E-state index contributed by atoms with van der Waals surface area (Å²) in [4.78, 5) is 22.9. The number of anilines is 1. The number of carbonyl (C=O) groups is 2. The maximum Gasteiger partial charge on any atom is 0.271 e. The van der Waals surface area contributed by atoms with Crippen LogP contribution >= 0.6 is 0 Å². The van der Waals surface area contributed by atoms with E-state index < -0.39 is 5.41 Å². The summed E-state index contributed by atoms with van der Waals surface area (Å²) in [6, 6.07) is 3.22. The standard InChI is InChI=1S/C12H19N5O2/c1-12(2,11(19)14-4)7-15-9-6-5-8(16-17-9)10(18)13-3/h5-6H,7H2,1-4H3,(H,13,18)(H,14,19)(H,15,17). The minimum Gasteiger partial charge on any atom is -0.368 e. The monoisotopic (exact) mass is 265 g/mol. The van der Waals surface area contributed by atoms with Crippen molar-refractivity contribution in [1.29, 1.82) is 0 Å². The molecule has 1 heterocycles. The van der Waals surface area contributed by atoms with E-state index in [1.165, 1.54) is 7.05 Å². The largest absolute Gasteiger partial charge is 0.368 e. The van der Waals surface area contributed by atoms with Crippen LogP contribution in [0.1, 0.15) is 24.3 Å². The van der Waals surface area contributed by atoms with Crippen LogP contribution < -0.4 is 16.0 Å². The SMILES string of the molecule is CNC(=O)c1ccc(NCC(C)(C)C(=O)NC)nn1. The van der Waals surface area contributed by atoms with Gasteiger partial charge in [0.2, 0.25) is 5.91 Å². The van der Waals surface area contributed by atoms with Crippen molar-refractivity contribution in [2.75, 3.05) is 26.0 Å². The Morgan fingerprint density at radius 3 is 2.32 bits per heavy atom. The van der Waals surface area contributed by atoms with E-state index >= 15 is 0 Å². The maximum atomic E-state index is 11.6. The van der Waals surface area contributed by atoms with E-state index in [2.05, 4.69) is 26.1 Å². The van der Waals surface area contributed by atoms with Crippen LogP contribution in [0.25, 0.3) is 0 Å². The maximum absolute atomic E-state index is 11.6. The Hall–Kier alpha value is -2.18. The van der Waals surface area contributed by atoms with Crippen molar-refractivity contribution >= 4 is 17.6 Å². The number of nitrogens with one attached hydrogen (secondary N) is 3. The molecule has 7 nitrogen and oxygen atoms in total. The van der Waals surface area contributed by atoms with Crippen LogP contribution in [0.3, 0.4) is 0 Å². The average molecular weight is 265 g/mol. The molecule has 0 saturated heterocycles. The van der Waals surface area contributed by atoms with Gasteiger partial charge in [0, 0.05) is 20.6 Å². The molecule has 0 unspecified atom stereocenters. The molecule has 1 rings (SSSR count).